The first-order valence-electron chi connectivity index (χ1n) is 11.4. The molecule has 0 saturated carbocycles. The molecule has 1 N–H and O–H groups in total. The maximum absolute atomic E-state index is 13.5. The number of aromatic nitrogens is 1. The van der Waals surface area contributed by atoms with E-state index in [0.717, 1.165) is 10.3 Å². The third-order valence-corrected chi connectivity index (χ3v) is 7.30. The van der Waals surface area contributed by atoms with Gasteiger partial charge in [-0.25, -0.2) is 4.98 Å². The summed E-state index contributed by atoms with van der Waals surface area (Å²) in [5.74, 6) is -0.262. The van der Waals surface area contributed by atoms with Gasteiger partial charge in [0.15, 0.2) is 16.6 Å². The van der Waals surface area contributed by atoms with Gasteiger partial charge in [0.2, 0.25) is 0 Å². The van der Waals surface area contributed by atoms with E-state index in [1.165, 1.54) is 30.5 Å². The highest BCUT2D eigenvalue weighted by atomic mass is 32.1. The minimum Gasteiger partial charge on any atom is -0.507 e. The van der Waals surface area contributed by atoms with Crippen LogP contribution in [-0.4, -0.2) is 43.1 Å². The summed E-state index contributed by atoms with van der Waals surface area (Å²) in [5, 5.41) is 11.6. The summed E-state index contributed by atoms with van der Waals surface area (Å²) in [5.41, 5.74) is 2.62. The fraction of sp³-hybridized carbons (Fsp3) is 0.179. The van der Waals surface area contributed by atoms with E-state index in [0.29, 0.717) is 39.0 Å². The molecule has 1 aliphatic rings. The van der Waals surface area contributed by atoms with Gasteiger partial charge in [0.05, 0.1) is 43.2 Å². The highest BCUT2D eigenvalue weighted by molar-refractivity contribution is 7.22. The van der Waals surface area contributed by atoms with Crippen molar-refractivity contribution in [2.24, 2.45) is 0 Å². The van der Waals surface area contributed by atoms with Crippen LogP contribution in [0, 0.1) is 6.92 Å². The number of amides is 1. The van der Waals surface area contributed by atoms with Gasteiger partial charge in [0, 0.05) is 5.56 Å². The fourth-order valence-corrected chi connectivity index (χ4v) is 5.38. The first-order valence-corrected chi connectivity index (χ1v) is 12.2. The van der Waals surface area contributed by atoms with Crippen LogP contribution >= 0.6 is 11.3 Å². The van der Waals surface area contributed by atoms with Gasteiger partial charge < -0.3 is 19.3 Å². The smallest absolute Gasteiger partial charge is 0.301 e. The molecule has 1 atom stereocenters. The molecule has 37 heavy (non-hydrogen) atoms. The Kier molecular flexibility index (Phi) is 6.31. The van der Waals surface area contributed by atoms with Crippen molar-refractivity contribution in [2.75, 3.05) is 26.2 Å². The number of hydrogen-bond acceptors (Lipinski definition) is 8. The normalized spacial score (nSPS) is 16.9. The van der Waals surface area contributed by atoms with E-state index in [-0.39, 0.29) is 11.3 Å². The van der Waals surface area contributed by atoms with Crippen LogP contribution in [0.25, 0.3) is 16.0 Å². The van der Waals surface area contributed by atoms with Crippen LogP contribution in [0.15, 0.2) is 66.2 Å². The second-order valence-electron chi connectivity index (χ2n) is 8.48. The summed E-state index contributed by atoms with van der Waals surface area (Å²) >= 11 is 1.26. The molecule has 0 radical (unpaired) electrons. The lowest BCUT2D eigenvalue weighted by Gasteiger charge is -2.23. The van der Waals surface area contributed by atoms with Crippen molar-refractivity contribution in [2.45, 2.75) is 13.0 Å². The van der Waals surface area contributed by atoms with Crippen LogP contribution in [0.1, 0.15) is 22.7 Å². The van der Waals surface area contributed by atoms with Crippen LogP contribution < -0.4 is 19.1 Å². The highest BCUT2D eigenvalue weighted by Crippen LogP contribution is 2.46. The Labute approximate surface area is 217 Å². The van der Waals surface area contributed by atoms with Gasteiger partial charge in [-0.15, -0.1) is 0 Å². The van der Waals surface area contributed by atoms with Gasteiger partial charge in [-0.2, -0.15) is 0 Å². The second kappa shape index (κ2) is 9.59. The molecule has 8 nitrogen and oxygen atoms in total. The van der Waals surface area contributed by atoms with Crippen molar-refractivity contribution in [1.82, 2.24) is 4.98 Å². The molecule has 0 spiro atoms. The van der Waals surface area contributed by atoms with Gasteiger partial charge in [-0.1, -0.05) is 47.2 Å². The fourth-order valence-electron chi connectivity index (χ4n) is 4.36. The second-order valence-corrected chi connectivity index (χ2v) is 9.49. The highest BCUT2D eigenvalue weighted by Gasteiger charge is 2.48. The largest absolute Gasteiger partial charge is 0.507 e. The number of nitrogens with zero attached hydrogens (tertiary/aromatic N) is 2. The van der Waals surface area contributed by atoms with Gasteiger partial charge >= 0.3 is 5.91 Å². The summed E-state index contributed by atoms with van der Waals surface area (Å²) in [6.07, 6.45) is 0. The maximum atomic E-state index is 13.5. The van der Waals surface area contributed by atoms with Crippen LogP contribution in [0.5, 0.6) is 17.2 Å². The zero-order valence-corrected chi connectivity index (χ0v) is 21.5. The maximum Gasteiger partial charge on any atom is 0.301 e. The summed E-state index contributed by atoms with van der Waals surface area (Å²) < 4.78 is 17.0. The van der Waals surface area contributed by atoms with Gasteiger partial charge in [-0.05, 0) is 42.8 Å². The van der Waals surface area contributed by atoms with E-state index in [1.807, 2.05) is 25.1 Å². The average molecular weight is 517 g/mol. The number of ether oxygens (including phenoxy) is 3. The standard InChI is InChI=1S/C28H24N2O6S/c1-15-5-7-16(8-6-15)25(31)23-24(17-9-12-20(35-3)21(13-17)36-4)30(27(33)26(23)32)28-29-19-11-10-18(34-2)14-22(19)37-28/h5-14,24,31H,1-4H3/b25-23+/t24-/m1/s1. The molecule has 1 saturated heterocycles. The Hall–Kier alpha value is -4.37. The van der Waals surface area contributed by atoms with Crippen LogP contribution in [-0.2, 0) is 9.59 Å². The number of aliphatic hydroxyl groups excluding tert-OH is 1. The summed E-state index contributed by atoms with van der Waals surface area (Å²) in [6.45, 7) is 1.93. The molecule has 0 unspecified atom stereocenters. The zero-order valence-electron chi connectivity index (χ0n) is 20.6. The molecule has 4 aromatic rings. The number of thiazole rings is 1. The average Bonchev–Trinajstić information content (AvgIpc) is 3.45. The molecule has 2 heterocycles. The van der Waals surface area contributed by atoms with E-state index in [2.05, 4.69) is 4.98 Å². The lowest BCUT2D eigenvalue weighted by atomic mass is 9.95. The molecule has 188 valence electrons. The summed E-state index contributed by atoms with van der Waals surface area (Å²) in [6, 6.07) is 16.7. The van der Waals surface area contributed by atoms with E-state index < -0.39 is 17.7 Å². The number of hydrogen-bond donors (Lipinski definition) is 1. The molecule has 1 amide bonds. The van der Waals surface area contributed by atoms with E-state index in [9.17, 15) is 14.7 Å². The van der Waals surface area contributed by atoms with Crippen molar-refractivity contribution in [1.29, 1.82) is 0 Å². The summed E-state index contributed by atoms with van der Waals surface area (Å²) in [4.78, 5) is 32.9. The van der Waals surface area contributed by atoms with E-state index >= 15 is 0 Å². The van der Waals surface area contributed by atoms with Gasteiger partial charge in [-0.3, -0.25) is 14.5 Å². The van der Waals surface area contributed by atoms with Crippen molar-refractivity contribution >= 4 is 44.1 Å². The van der Waals surface area contributed by atoms with Crippen molar-refractivity contribution in [3.05, 3.63) is 82.9 Å². The Bertz CT molecular complexity index is 1560. The first-order chi connectivity index (χ1) is 17.9. The molecular formula is C28H24N2O6S. The molecule has 0 bridgehead atoms. The number of rotatable bonds is 6. The number of carbonyl (C=O) groups is 2. The predicted molar refractivity (Wildman–Crippen MR) is 142 cm³/mol. The molecular weight excluding hydrogens is 492 g/mol. The predicted octanol–water partition coefficient (Wildman–Crippen LogP) is 5.26. The molecule has 0 aliphatic carbocycles. The van der Waals surface area contributed by atoms with Gasteiger partial charge in [0.1, 0.15) is 11.5 Å². The number of aryl methyl sites for hydroxylation is 1. The monoisotopic (exact) mass is 516 g/mol. The van der Waals surface area contributed by atoms with E-state index in [1.54, 1.807) is 49.6 Å². The Morgan fingerprint density at radius 1 is 0.919 bits per heavy atom. The number of aliphatic hydroxyl groups is 1. The van der Waals surface area contributed by atoms with Crippen LogP contribution in [0.2, 0.25) is 0 Å². The third kappa shape index (κ3) is 4.17. The molecule has 1 aliphatic heterocycles. The van der Waals surface area contributed by atoms with Crippen LogP contribution in [0.3, 0.4) is 0 Å². The molecule has 3 aromatic carbocycles. The summed E-state index contributed by atoms with van der Waals surface area (Å²) in [7, 11) is 4.60. The number of methoxy groups -OCH3 is 3. The Morgan fingerprint density at radius 2 is 1.65 bits per heavy atom. The molecule has 5 rings (SSSR count). The number of carbonyl (C=O) groups excluding carboxylic acids is 2. The van der Waals surface area contributed by atoms with Gasteiger partial charge in [0.25, 0.3) is 5.78 Å². The quantitative estimate of drug-likeness (QED) is 0.212. The van der Waals surface area contributed by atoms with E-state index in [4.69, 9.17) is 14.2 Å². The third-order valence-electron chi connectivity index (χ3n) is 6.28. The number of anilines is 1. The topological polar surface area (TPSA) is 98.2 Å². The number of benzene rings is 3. The lowest BCUT2D eigenvalue weighted by molar-refractivity contribution is -0.132. The SMILES string of the molecule is COc1ccc2nc(N3C(=O)C(=O)/C(=C(/O)c4ccc(C)cc4)[C@H]3c3ccc(OC)c(OC)c3)sc2c1. The molecule has 9 heteroatoms. The minimum atomic E-state index is -0.941. The van der Waals surface area contributed by atoms with Crippen molar-refractivity contribution < 1.29 is 28.9 Å². The number of Topliss-reactive ketones (excluding diaryl/α,β-unsaturated/α-hetero) is 1. The van der Waals surface area contributed by atoms with Crippen LogP contribution in [0.4, 0.5) is 5.13 Å². The first kappa shape index (κ1) is 24.3. The minimum absolute atomic E-state index is 0.0297. The zero-order chi connectivity index (χ0) is 26.3. The Balaban J connectivity index is 1.73. The van der Waals surface area contributed by atoms with Crippen molar-refractivity contribution in [3.63, 3.8) is 0 Å². The molecule has 1 fully saturated rings. The Morgan fingerprint density at radius 3 is 2.32 bits per heavy atom. The lowest BCUT2D eigenvalue weighted by Crippen LogP contribution is -2.29. The van der Waals surface area contributed by atoms with Crippen molar-refractivity contribution in [3.8, 4) is 17.2 Å². The number of ketones is 1. The number of fused-ring (bicyclic) bond motifs is 1. The molecule has 1 aromatic heterocycles.